The predicted octanol–water partition coefficient (Wildman–Crippen LogP) is 7.43. The molecule has 43 heavy (non-hydrogen) atoms. The van der Waals surface area contributed by atoms with Crippen LogP contribution in [0.1, 0.15) is 16.7 Å². The Bertz CT molecular complexity index is 1690. The van der Waals surface area contributed by atoms with Gasteiger partial charge in [-0.05, 0) is 111 Å². The maximum absolute atomic E-state index is 13.6. The summed E-state index contributed by atoms with van der Waals surface area (Å²) in [5, 5.41) is 2.86. The van der Waals surface area contributed by atoms with Crippen LogP contribution in [0.4, 0.5) is 21.9 Å². The summed E-state index contributed by atoms with van der Waals surface area (Å²) in [7, 11) is 0. The topological polar surface area (TPSA) is 96.0 Å². The molecule has 8 nitrogen and oxygen atoms in total. The molecule has 1 heterocycles. The molecule has 1 aliphatic rings. The van der Waals surface area contributed by atoms with Crippen LogP contribution >= 0.6 is 31.9 Å². The minimum Gasteiger partial charge on any atom is -0.481 e. The van der Waals surface area contributed by atoms with E-state index in [0.29, 0.717) is 37.3 Å². The zero-order valence-electron chi connectivity index (χ0n) is 23.1. The fourth-order valence-corrected chi connectivity index (χ4v) is 5.95. The number of ether oxygens (including phenoxy) is 1. The molecule has 0 spiro atoms. The number of carbonyl (C=O) groups excluding carboxylic acids is 4. The molecule has 216 valence electrons. The Hall–Kier alpha value is -4.54. The first kappa shape index (κ1) is 29.9. The Kier molecular flexibility index (Phi) is 8.89. The Morgan fingerprint density at radius 1 is 0.791 bits per heavy atom. The van der Waals surface area contributed by atoms with E-state index in [1.807, 2.05) is 32.0 Å². The first-order chi connectivity index (χ1) is 20.6. The Balaban J connectivity index is 1.43. The van der Waals surface area contributed by atoms with Crippen molar-refractivity contribution in [2.45, 2.75) is 13.8 Å². The summed E-state index contributed by atoms with van der Waals surface area (Å²) in [6, 6.07) is 25.2. The second-order valence-electron chi connectivity index (χ2n) is 9.76. The average molecular weight is 703 g/mol. The number of rotatable bonds is 7. The molecule has 1 N–H and O–H groups in total. The molecule has 0 aromatic heterocycles. The lowest BCUT2D eigenvalue weighted by atomic mass is 10.0. The highest BCUT2D eigenvalue weighted by Crippen LogP contribution is 2.36. The molecular weight excluding hydrogens is 678 g/mol. The number of nitrogens with one attached hydrogen (secondary N) is 1. The SMILES string of the molecule is Cc1ccc(C)c(NC(=O)COc2c(Br)cc(C=C3C(=O)N(c4ccccc4)C(=O)N(c4ccccc4)C3=O)cc2Br)c1. The normalized spacial score (nSPS) is 13.3. The van der Waals surface area contributed by atoms with E-state index < -0.39 is 17.8 Å². The first-order valence-corrected chi connectivity index (χ1v) is 14.8. The number of hydrogen-bond donors (Lipinski definition) is 1. The zero-order chi connectivity index (χ0) is 30.7. The number of carbonyl (C=O) groups is 4. The summed E-state index contributed by atoms with van der Waals surface area (Å²) in [6.45, 7) is 3.61. The number of barbiturate groups is 1. The van der Waals surface area contributed by atoms with Gasteiger partial charge >= 0.3 is 6.03 Å². The Morgan fingerprint density at radius 3 is 1.86 bits per heavy atom. The number of para-hydroxylation sites is 2. The number of halogens is 2. The van der Waals surface area contributed by atoms with Gasteiger partial charge in [0.15, 0.2) is 6.61 Å². The highest BCUT2D eigenvalue weighted by atomic mass is 79.9. The summed E-state index contributed by atoms with van der Waals surface area (Å²) in [5.41, 5.74) is 3.62. The average Bonchev–Trinajstić information content (AvgIpc) is 2.98. The van der Waals surface area contributed by atoms with E-state index in [2.05, 4.69) is 37.2 Å². The first-order valence-electron chi connectivity index (χ1n) is 13.2. The molecule has 0 saturated carbocycles. The van der Waals surface area contributed by atoms with Gasteiger partial charge < -0.3 is 10.1 Å². The second kappa shape index (κ2) is 12.8. The van der Waals surface area contributed by atoms with Gasteiger partial charge in [-0.2, -0.15) is 0 Å². The van der Waals surface area contributed by atoms with Crippen LogP contribution in [0.3, 0.4) is 0 Å². The van der Waals surface area contributed by atoms with E-state index in [4.69, 9.17) is 4.74 Å². The van der Waals surface area contributed by atoms with E-state index in [-0.39, 0.29) is 18.1 Å². The summed E-state index contributed by atoms with van der Waals surface area (Å²) in [4.78, 5) is 55.3. The molecule has 5 rings (SSSR count). The van der Waals surface area contributed by atoms with Crippen LogP contribution in [0, 0.1) is 13.8 Å². The molecule has 0 radical (unpaired) electrons. The molecule has 0 unspecified atom stereocenters. The van der Waals surface area contributed by atoms with Gasteiger partial charge in [-0.25, -0.2) is 14.6 Å². The molecule has 1 aliphatic heterocycles. The monoisotopic (exact) mass is 701 g/mol. The van der Waals surface area contributed by atoms with E-state index in [9.17, 15) is 19.2 Å². The summed E-state index contributed by atoms with van der Waals surface area (Å²) in [5.74, 6) is -1.46. The van der Waals surface area contributed by atoms with Crippen LogP contribution in [0.5, 0.6) is 5.75 Å². The van der Waals surface area contributed by atoms with Gasteiger partial charge in [0.2, 0.25) is 0 Å². The Morgan fingerprint density at radius 2 is 1.33 bits per heavy atom. The maximum atomic E-state index is 13.6. The molecule has 4 aromatic carbocycles. The zero-order valence-corrected chi connectivity index (χ0v) is 26.3. The van der Waals surface area contributed by atoms with Crippen LogP contribution in [0.25, 0.3) is 6.08 Å². The van der Waals surface area contributed by atoms with Crippen molar-refractivity contribution >= 4 is 78.8 Å². The third-order valence-electron chi connectivity index (χ3n) is 6.62. The van der Waals surface area contributed by atoms with Crippen molar-refractivity contribution in [3.8, 4) is 5.75 Å². The number of nitrogens with zero attached hydrogens (tertiary/aromatic N) is 2. The fraction of sp³-hybridized carbons (Fsp3) is 0.0909. The smallest absolute Gasteiger partial charge is 0.343 e. The number of urea groups is 1. The van der Waals surface area contributed by atoms with Gasteiger partial charge in [0, 0.05) is 5.69 Å². The molecule has 4 aromatic rings. The maximum Gasteiger partial charge on any atom is 0.343 e. The van der Waals surface area contributed by atoms with Crippen LogP contribution in [0.15, 0.2) is 106 Å². The van der Waals surface area contributed by atoms with Crippen molar-refractivity contribution in [1.82, 2.24) is 0 Å². The lowest BCUT2D eigenvalue weighted by Gasteiger charge is -2.34. The minimum absolute atomic E-state index is 0.201. The van der Waals surface area contributed by atoms with Crippen molar-refractivity contribution in [3.63, 3.8) is 0 Å². The van der Waals surface area contributed by atoms with Gasteiger partial charge in [-0.1, -0.05) is 48.5 Å². The summed E-state index contributed by atoms with van der Waals surface area (Å²) >= 11 is 6.95. The number of imide groups is 2. The van der Waals surface area contributed by atoms with Gasteiger partial charge in [-0.3, -0.25) is 14.4 Å². The van der Waals surface area contributed by atoms with Crippen molar-refractivity contribution in [2.24, 2.45) is 0 Å². The van der Waals surface area contributed by atoms with Gasteiger partial charge in [-0.15, -0.1) is 0 Å². The molecular formula is C33H25Br2N3O5. The van der Waals surface area contributed by atoms with E-state index in [1.165, 1.54) is 6.08 Å². The predicted molar refractivity (Wildman–Crippen MR) is 173 cm³/mol. The van der Waals surface area contributed by atoms with Crippen LogP contribution in [-0.4, -0.2) is 30.4 Å². The van der Waals surface area contributed by atoms with Crippen molar-refractivity contribution < 1.29 is 23.9 Å². The van der Waals surface area contributed by atoms with Crippen LogP contribution < -0.4 is 19.9 Å². The standard InChI is InChI=1S/C33H25Br2N3O5/c1-20-13-14-21(2)28(15-20)36-29(39)19-43-30-26(34)17-22(18-27(30)35)16-25-31(40)37(23-9-5-3-6-10-23)33(42)38(32(25)41)24-11-7-4-8-12-24/h3-18H,19H2,1-2H3,(H,36,39). The van der Waals surface area contributed by atoms with Gasteiger partial charge in [0.05, 0.1) is 20.3 Å². The number of anilines is 3. The molecule has 10 heteroatoms. The summed E-state index contributed by atoms with van der Waals surface area (Å²) in [6.07, 6.45) is 1.43. The third kappa shape index (κ3) is 6.45. The van der Waals surface area contributed by atoms with Crippen molar-refractivity contribution in [2.75, 3.05) is 21.7 Å². The highest BCUT2D eigenvalue weighted by Gasteiger charge is 2.43. The van der Waals surface area contributed by atoms with E-state index >= 15 is 0 Å². The summed E-state index contributed by atoms with van der Waals surface area (Å²) < 4.78 is 6.77. The molecule has 0 atom stereocenters. The van der Waals surface area contributed by atoms with Crippen molar-refractivity contribution in [1.29, 1.82) is 0 Å². The molecule has 0 aliphatic carbocycles. The van der Waals surface area contributed by atoms with E-state index in [0.717, 1.165) is 20.9 Å². The molecule has 5 amide bonds. The third-order valence-corrected chi connectivity index (χ3v) is 7.80. The highest BCUT2D eigenvalue weighted by molar-refractivity contribution is 9.11. The van der Waals surface area contributed by atoms with Gasteiger partial charge in [0.25, 0.3) is 17.7 Å². The number of amides is 5. The lowest BCUT2D eigenvalue weighted by Crippen LogP contribution is -2.57. The number of aryl methyl sites for hydroxylation is 2. The molecule has 1 saturated heterocycles. The lowest BCUT2D eigenvalue weighted by molar-refractivity contribution is -0.121. The fourth-order valence-electron chi connectivity index (χ4n) is 4.50. The van der Waals surface area contributed by atoms with Crippen molar-refractivity contribution in [3.05, 3.63) is 122 Å². The van der Waals surface area contributed by atoms with E-state index in [1.54, 1.807) is 72.8 Å². The minimum atomic E-state index is -0.769. The number of hydrogen-bond acceptors (Lipinski definition) is 5. The molecule has 0 bridgehead atoms. The van der Waals surface area contributed by atoms with Crippen LogP contribution in [0.2, 0.25) is 0 Å². The Labute approximate surface area is 265 Å². The molecule has 1 fully saturated rings. The largest absolute Gasteiger partial charge is 0.481 e. The van der Waals surface area contributed by atoms with Gasteiger partial charge in [0.1, 0.15) is 11.3 Å². The second-order valence-corrected chi connectivity index (χ2v) is 11.5. The van der Waals surface area contributed by atoms with Crippen LogP contribution in [-0.2, 0) is 14.4 Å². The number of benzene rings is 4. The quantitative estimate of drug-likeness (QED) is 0.160.